The van der Waals surface area contributed by atoms with Crippen molar-refractivity contribution in [1.82, 2.24) is 19.1 Å². The Morgan fingerprint density at radius 2 is 1.89 bits per heavy atom. The third-order valence-electron chi connectivity index (χ3n) is 4.62. The largest absolute Gasteiger partial charge is 0.330 e. The highest BCUT2D eigenvalue weighted by Crippen LogP contribution is 2.20. The molecule has 0 aliphatic rings. The van der Waals surface area contributed by atoms with Gasteiger partial charge >= 0.3 is 0 Å². The number of aryl methyl sites for hydroxylation is 1. The van der Waals surface area contributed by atoms with Crippen LogP contribution in [0.2, 0.25) is 0 Å². The fourth-order valence-corrected chi connectivity index (χ4v) is 3.22. The van der Waals surface area contributed by atoms with Crippen LogP contribution >= 0.6 is 0 Å². The lowest BCUT2D eigenvalue weighted by Gasteiger charge is -2.13. The van der Waals surface area contributed by atoms with Crippen molar-refractivity contribution in [2.45, 2.75) is 19.9 Å². The summed E-state index contributed by atoms with van der Waals surface area (Å²) in [7, 11) is 0. The summed E-state index contributed by atoms with van der Waals surface area (Å²) in [6.07, 6.45) is 10.1. The molecule has 0 atom stereocenters. The molecule has 4 rings (SSSR count). The minimum Gasteiger partial charge on any atom is -0.330 e. The molecule has 132 valence electrons. The van der Waals surface area contributed by atoms with Crippen LogP contribution in [0.25, 0.3) is 5.69 Å². The summed E-state index contributed by atoms with van der Waals surface area (Å²) in [4.78, 5) is 8.52. The predicted octanol–water partition coefficient (Wildman–Crippen LogP) is 3.89. The maximum Gasteiger partial charge on any atom is 0.0991 e. The average molecular weight is 353 g/mol. The smallest absolute Gasteiger partial charge is 0.0991 e. The molecule has 0 amide bonds. The fraction of sp³-hybridized carbons (Fsp3) is 0.136. The van der Waals surface area contributed by atoms with Crippen LogP contribution in [0.4, 0.5) is 0 Å². The lowest BCUT2D eigenvalue weighted by atomic mass is 10.0. The third-order valence-corrected chi connectivity index (χ3v) is 4.62. The zero-order valence-corrected chi connectivity index (χ0v) is 15.1. The monoisotopic (exact) mass is 353 g/mol. The Labute approximate surface area is 158 Å². The van der Waals surface area contributed by atoms with Crippen LogP contribution in [-0.2, 0) is 13.0 Å². The number of hydrogen-bond donors (Lipinski definition) is 0. The quantitative estimate of drug-likeness (QED) is 0.547. The molecule has 0 radical (unpaired) electrons. The molecule has 27 heavy (non-hydrogen) atoms. The topological polar surface area (TPSA) is 59.4 Å². The van der Waals surface area contributed by atoms with Crippen LogP contribution in [0, 0.1) is 18.3 Å². The number of nitrogens with zero attached hydrogens (tertiary/aromatic N) is 5. The highest BCUT2D eigenvalue weighted by molar-refractivity contribution is 5.45. The molecule has 0 saturated carbocycles. The summed E-state index contributed by atoms with van der Waals surface area (Å²) in [5, 5.41) is 8.95. The molecular weight excluding hydrogens is 334 g/mol. The number of rotatable bonds is 5. The van der Waals surface area contributed by atoms with E-state index in [1.54, 1.807) is 6.20 Å². The fourth-order valence-electron chi connectivity index (χ4n) is 3.22. The maximum absolute atomic E-state index is 8.95. The van der Waals surface area contributed by atoms with Gasteiger partial charge in [0.1, 0.15) is 0 Å². The number of hydrogen-bond acceptors (Lipinski definition) is 3. The van der Waals surface area contributed by atoms with Gasteiger partial charge in [0.15, 0.2) is 0 Å². The number of nitriles is 1. The number of aromatic nitrogens is 4. The van der Waals surface area contributed by atoms with Crippen molar-refractivity contribution in [2.75, 3.05) is 0 Å². The molecule has 4 aromatic rings. The molecule has 5 nitrogen and oxygen atoms in total. The number of imidazole rings is 2. The van der Waals surface area contributed by atoms with Gasteiger partial charge in [0.2, 0.25) is 0 Å². The minimum absolute atomic E-state index is 0.675. The van der Waals surface area contributed by atoms with Crippen LogP contribution in [0.5, 0.6) is 0 Å². The molecule has 0 N–H and O–H groups in total. The average Bonchev–Trinajstić information content (AvgIpc) is 3.35. The van der Waals surface area contributed by atoms with E-state index in [9.17, 15) is 0 Å². The molecule has 5 heteroatoms. The first kappa shape index (κ1) is 16.8. The lowest BCUT2D eigenvalue weighted by molar-refractivity contribution is 0.752. The summed E-state index contributed by atoms with van der Waals surface area (Å²) < 4.78 is 4.19. The van der Waals surface area contributed by atoms with Gasteiger partial charge in [0, 0.05) is 37.3 Å². The highest BCUT2D eigenvalue weighted by atomic mass is 15.0. The Kier molecular flexibility index (Phi) is 4.54. The van der Waals surface area contributed by atoms with Gasteiger partial charge in [0.25, 0.3) is 0 Å². The molecule has 2 aromatic heterocycles. The van der Waals surface area contributed by atoms with Crippen molar-refractivity contribution in [2.24, 2.45) is 0 Å². The van der Waals surface area contributed by atoms with Crippen LogP contribution in [-0.4, -0.2) is 19.1 Å². The first-order valence-corrected chi connectivity index (χ1v) is 8.79. The van der Waals surface area contributed by atoms with Gasteiger partial charge < -0.3 is 9.13 Å². The maximum atomic E-state index is 8.95. The van der Waals surface area contributed by atoms with E-state index < -0.39 is 0 Å². The van der Waals surface area contributed by atoms with Gasteiger partial charge in [-0.2, -0.15) is 5.26 Å². The Morgan fingerprint density at radius 3 is 2.63 bits per heavy atom. The second-order valence-electron chi connectivity index (χ2n) is 6.60. The molecule has 0 unspecified atom stereocenters. The van der Waals surface area contributed by atoms with Gasteiger partial charge in [-0.05, 0) is 36.2 Å². The van der Waals surface area contributed by atoms with Crippen molar-refractivity contribution in [3.05, 3.63) is 102 Å². The van der Waals surface area contributed by atoms with Crippen molar-refractivity contribution >= 4 is 0 Å². The Balaban J connectivity index is 1.62. The van der Waals surface area contributed by atoms with Crippen LogP contribution < -0.4 is 0 Å². The standard InChI is InChI=1S/C22H19N5/c1-17-2-7-22(26-9-8-24-15-26)20(10-17)11-21-13-25-16-27(21)14-19-5-3-18(12-23)4-6-19/h2-10,13,15-16H,11,14H2,1H3. The first-order valence-electron chi connectivity index (χ1n) is 8.79. The molecule has 2 aromatic carbocycles. The zero-order valence-electron chi connectivity index (χ0n) is 15.1. The minimum atomic E-state index is 0.675. The van der Waals surface area contributed by atoms with Crippen LogP contribution in [0.1, 0.15) is 27.9 Å². The Hall–Kier alpha value is -3.65. The van der Waals surface area contributed by atoms with Gasteiger partial charge in [-0.15, -0.1) is 0 Å². The van der Waals surface area contributed by atoms with E-state index in [1.807, 2.05) is 53.9 Å². The molecule has 0 fully saturated rings. The number of benzene rings is 2. The van der Waals surface area contributed by atoms with E-state index in [-0.39, 0.29) is 0 Å². The molecule has 2 heterocycles. The van der Waals surface area contributed by atoms with Crippen LogP contribution in [0.3, 0.4) is 0 Å². The van der Waals surface area contributed by atoms with Crippen molar-refractivity contribution in [1.29, 1.82) is 5.26 Å². The summed E-state index contributed by atoms with van der Waals surface area (Å²) in [6, 6.07) is 16.3. The Morgan fingerprint density at radius 1 is 1.04 bits per heavy atom. The summed E-state index contributed by atoms with van der Waals surface area (Å²) in [5.41, 5.74) is 6.55. The summed E-state index contributed by atoms with van der Waals surface area (Å²) in [6.45, 7) is 2.84. The van der Waals surface area contributed by atoms with E-state index >= 15 is 0 Å². The van der Waals surface area contributed by atoms with E-state index in [4.69, 9.17) is 5.26 Å². The first-order chi connectivity index (χ1) is 13.2. The van der Waals surface area contributed by atoms with E-state index in [0.717, 1.165) is 29.9 Å². The van der Waals surface area contributed by atoms with E-state index in [2.05, 4.69) is 45.7 Å². The van der Waals surface area contributed by atoms with Gasteiger partial charge in [-0.25, -0.2) is 9.97 Å². The predicted molar refractivity (Wildman–Crippen MR) is 104 cm³/mol. The highest BCUT2D eigenvalue weighted by Gasteiger charge is 2.10. The lowest BCUT2D eigenvalue weighted by Crippen LogP contribution is -2.06. The molecule has 0 bridgehead atoms. The van der Waals surface area contributed by atoms with Crippen molar-refractivity contribution < 1.29 is 0 Å². The van der Waals surface area contributed by atoms with Gasteiger partial charge in [0.05, 0.1) is 30.0 Å². The van der Waals surface area contributed by atoms with Gasteiger partial charge in [-0.3, -0.25) is 0 Å². The molecular formula is C22H19N5. The van der Waals surface area contributed by atoms with E-state index in [0.29, 0.717) is 5.56 Å². The van der Waals surface area contributed by atoms with E-state index in [1.165, 1.54) is 11.1 Å². The molecule has 0 spiro atoms. The second-order valence-corrected chi connectivity index (χ2v) is 6.60. The third kappa shape index (κ3) is 3.65. The summed E-state index contributed by atoms with van der Waals surface area (Å²) >= 11 is 0. The Bertz CT molecular complexity index is 1080. The van der Waals surface area contributed by atoms with Crippen LogP contribution in [0.15, 0.2) is 73.7 Å². The summed E-state index contributed by atoms with van der Waals surface area (Å²) in [5.74, 6) is 0. The molecule has 0 aliphatic carbocycles. The van der Waals surface area contributed by atoms with Gasteiger partial charge in [-0.1, -0.05) is 29.8 Å². The van der Waals surface area contributed by atoms with Crippen molar-refractivity contribution in [3.8, 4) is 11.8 Å². The normalized spacial score (nSPS) is 10.7. The molecule has 0 saturated heterocycles. The molecule has 0 aliphatic heterocycles. The second kappa shape index (κ2) is 7.30. The SMILES string of the molecule is Cc1ccc(-n2ccnc2)c(Cc2cncn2Cc2ccc(C#N)cc2)c1. The van der Waals surface area contributed by atoms with Crippen molar-refractivity contribution in [3.63, 3.8) is 0 Å². The zero-order chi connectivity index (χ0) is 18.6.